The van der Waals surface area contributed by atoms with Crippen LogP contribution in [0.2, 0.25) is 0 Å². The summed E-state index contributed by atoms with van der Waals surface area (Å²) in [5, 5.41) is 5.41. The molecule has 4 aromatic rings. The number of hydrogen-bond acceptors (Lipinski definition) is 4. The van der Waals surface area contributed by atoms with E-state index in [2.05, 4.69) is 10.6 Å². The van der Waals surface area contributed by atoms with Gasteiger partial charge in [0.1, 0.15) is 11.8 Å². The van der Waals surface area contributed by atoms with Gasteiger partial charge in [-0.25, -0.2) is 0 Å². The normalized spacial score (nSPS) is 12.1. The summed E-state index contributed by atoms with van der Waals surface area (Å²) in [7, 11) is 0. The Balaban J connectivity index is 1.79. The zero-order chi connectivity index (χ0) is 25.3. The first-order valence-corrected chi connectivity index (χ1v) is 11.4. The van der Waals surface area contributed by atoms with E-state index in [9.17, 15) is 19.2 Å². The molecule has 0 bridgehead atoms. The Morgan fingerprint density at radius 1 is 0.417 bits per heavy atom. The molecule has 36 heavy (non-hydrogen) atoms. The van der Waals surface area contributed by atoms with Crippen molar-refractivity contribution in [2.45, 2.75) is 0 Å². The molecule has 0 saturated carbocycles. The lowest BCUT2D eigenvalue weighted by Crippen LogP contribution is -2.45. The Morgan fingerprint density at radius 3 is 1.00 bits per heavy atom. The molecule has 0 radical (unpaired) electrons. The average Bonchev–Trinajstić information content (AvgIpc) is 2.93. The Bertz CT molecular complexity index is 1230. The number of nitrogens with one attached hydrogen (secondary N) is 2. The highest BCUT2D eigenvalue weighted by Gasteiger charge is 2.44. The molecule has 0 saturated heterocycles. The maximum atomic E-state index is 13.7. The van der Waals surface area contributed by atoms with Crippen LogP contribution in [0.25, 0.3) is 0 Å². The lowest BCUT2D eigenvalue weighted by Gasteiger charge is -2.24. The first-order valence-electron chi connectivity index (χ1n) is 11.4. The van der Waals surface area contributed by atoms with Gasteiger partial charge in [-0.2, -0.15) is 0 Å². The molecular formula is C30H24N2O4. The third-order valence-corrected chi connectivity index (χ3v) is 5.66. The topological polar surface area (TPSA) is 92.3 Å². The van der Waals surface area contributed by atoms with E-state index in [1.165, 1.54) is 0 Å². The van der Waals surface area contributed by atoms with E-state index in [1.807, 2.05) is 0 Å². The van der Waals surface area contributed by atoms with Crippen LogP contribution in [0.1, 0.15) is 20.7 Å². The van der Waals surface area contributed by atoms with E-state index < -0.39 is 35.2 Å². The van der Waals surface area contributed by atoms with Crippen LogP contribution in [0.4, 0.5) is 11.4 Å². The number of anilines is 2. The number of carbonyl (C=O) groups is 4. The molecule has 178 valence electrons. The van der Waals surface area contributed by atoms with E-state index >= 15 is 0 Å². The lowest BCUT2D eigenvalue weighted by molar-refractivity contribution is -0.126. The summed E-state index contributed by atoms with van der Waals surface area (Å²) in [6.07, 6.45) is 0. The van der Waals surface area contributed by atoms with Gasteiger partial charge in [-0.15, -0.1) is 0 Å². The monoisotopic (exact) mass is 476 g/mol. The summed E-state index contributed by atoms with van der Waals surface area (Å²) < 4.78 is 0. The van der Waals surface area contributed by atoms with Gasteiger partial charge >= 0.3 is 0 Å². The van der Waals surface area contributed by atoms with E-state index in [-0.39, 0.29) is 11.1 Å². The van der Waals surface area contributed by atoms with Gasteiger partial charge in [-0.05, 0) is 24.3 Å². The summed E-state index contributed by atoms with van der Waals surface area (Å²) in [5.41, 5.74) is 1.35. The molecule has 0 aliphatic heterocycles. The predicted octanol–water partition coefficient (Wildman–Crippen LogP) is 5.26. The lowest BCUT2D eigenvalue weighted by atomic mass is 9.79. The number of Topliss-reactive ketones (excluding diaryl/α,β-unsaturated/α-hetero) is 2. The van der Waals surface area contributed by atoms with E-state index in [1.54, 1.807) is 121 Å². The van der Waals surface area contributed by atoms with Gasteiger partial charge < -0.3 is 10.6 Å². The first kappa shape index (κ1) is 24.3. The fraction of sp³-hybridized carbons (Fsp3) is 0.0667. The molecule has 2 amide bonds. The van der Waals surface area contributed by atoms with Crippen molar-refractivity contribution in [3.05, 3.63) is 132 Å². The minimum absolute atomic E-state index is 0.226. The number of amides is 2. The number of rotatable bonds is 9. The Kier molecular flexibility index (Phi) is 7.78. The highest BCUT2D eigenvalue weighted by Crippen LogP contribution is 2.26. The van der Waals surface area contributed by atoms with E-state index in [0.717, 1.165) is 0 Å². The Labute approximate surface area is 209 Å². The molecule has 4 aromatic carbocycles. The van der Waals surface area contributed by atoms with Crippen molar-refractivity contribution >= 4 is 34.8 Å². The Hall–Kier alpha value is -4.84. The fourth-order valence-corrected chi connectivity index (χ4v) is 3.89. The van der Waals surface area contributed by atoms with Crippen molar-refractivity contribution in [3.63, 3.8) is 0 Å². The molecule has 4 rings (SSSR count). The van der Waals surface area contributed by atoms with Gasteiger partial charge in [0.2, 0.25) is 11.8 Å². The summed E-state index contributed by atoms with van der Waals surface area (Å²) in [4.78, 5) is 54.6. The van der Waals surface area contributed by atoms with Crippen LogP contribution in [0, 0.1) is 11.8 Å². The van der Waals surface area contributed by atoms with Gasteiger partial charge in [0.25, 0.3) is 0 Å². The third kappa shape index (κ3) is 5.80. The third-order valence-electron chi connectivity index (χ3n) is 5.66. The number of benzene rings is 4. The van der Waals surface area contributed by atoms with Crippen LogP contribution in [-0.2, 0) is 9.59 Å². The molecule has 6 nitrogen and oxygen atoms in total. The molecule has 0 spiro atoms. The van der Waals surface area contributed by atoms with Crippen molar-refractivity contribution in [2.75, 3.05) is 10.6 Å². The maximum absolute atomic E-state index is 13.7. The van der Waals surface area contributed by atoms with Crippen LogP contribution in [0.15, 0.2) is 121 Å². The standard InChI is InChI=1S/C30H24N2O4/c33-27(21-13-5-1-6-14-21)25(29(35)31-23-17-9-3-10-18-23)26(28(34)22-15-7-2-8-16-22)30(36)32-24-19-11-4-12-20-24/h1-20,25-26H,(H,31,35)(H,32,36). The van der Waals surface area contributed by atoms with Crippen molar-refractivity contribution < 1.29 is 19.2 Å². The summed E-state index contributed by atoms with van der Waals surface area (Å²) in [6, 6.07) is 33.6. The predicted molar refractivity (Wildman–Crippen MR) is 139 cm³/mol. The highest BCUT2D eigenvalue weighted by molar-refractivity contribution is 6.24. The molecule has 0 aliphatic rings. The number of para-hydroxylation sites is 2. The van der Waals surface area contributed by atoms with Gasteiger partial charge in [0.15, 0.2) is 11.6 Å². The molecule has 0 heterocycles. The maximum Gasteiger partial charge on any atom is 0.236 e. The Morgan fingerprint density at radius 2 is 0.694 bits per heavy atom. The van der Waals surface area contributed by atoms with Crippen molar-refractivity contribution in [3.8, 4) is 0 Å². The summed E-state index contributed by atoms with van der Waals surface area (Å²) in [6.45, 7) is 0. The quantitative estimate of drug-likeness (QED) is 0.255. The molecule has 0 fully saturated rings. The van der Waals surface area contributed by atoms with Gasteiger partial charge in [-0.1, -0.05) is 97.1 Å². The van der Waals surface area contributed by atoms with Crippen molar-refractivity contribution in [1.29, 1.82) is 0 Å². The zero-order valence-electron chi connectivity index (χ0n) is 19.3. The van der Waals surface area contributed by atoms with E-state index in [4.69, 9.17) is 0 Å². The minimum atomic E-state index is -1.61. The molecule has 2 atom stereocenters. The van der Waals surface area contributed by atoms with Crippen LogP contribution >= 0.6 is 0 Å². The smallest absolute Gasteiger partial charge is 0.236 e. The van der Waals surface area contributed by atoms with Crippen LogP contribution < -0.4 is 10.6 Å². The van der Waals surface area contributed by atoms with Gasteiger partial charge in [0, 0.05) is 22.5 Å². The highest BCUT2D eigenvalue weighted by atomic mass is 16.2. The van der Waals surface area contributed by atoms with Crippen LogP contribution in [0.3, 0.4) is 0 Å². The van der Waals surface area contributed by atoms with Crippen molar-refractivity contribution in [1.82, 2.24) is 0 Å². The summed E-state index contributed by atoms with van der Waals surface area (Å²) >= 11 is 0. The van der Waals surface area contributed by atoms with Crippen molar-refractivity contribution in [2.24, 2.45) is 11.8 Å². The molecule has 2 N–H and O–H groups in total. The molecule has 0 aromatic heterocycles. The zero-order valence-corrected chi connectivity index (χ0v) is 19.3. The largest absolute Gasteiger partial charge is 0.325 e. The number of hydrogen-bond donors (Lipinski definition) is 2. The summed E-state index contributed by atoms with van der Waals surface area (Å²) in [5.74, 6) is -5.95. The van der Waals surface area contributed by atoms with Crippen LogP contribution in [0.5, 0.6) is 0 Å². The molecule has 6 heteroatoms. The van der Waals surface area contributed by atoms with Crippen LogP contribution in [-0.4, -0.2) is 23.4 Å². The number of carbonyl (C=O) groups excluding carboxylic acids is 4. The van der Waals surface area contributed by atoms with Gasteiger partial charge in [0.05, 0.1) is 0 Å². The first-order chi connectivity index (χ1) is 17.5. The molecule has 2 unspecified atom stereocenters. The molecular weight excluding hydrogens is 452 g/mol. The second kappa shape index (κ2) is 11.5. The molecule has 0 aliphatic carbocycles. The minimum Gasteiger partial charge on any atom is -0.325 e. The fourth-order valence-electron chi connectivity index (χ4n) is 3.89. The van der Waals surface area contributed by atoms with Gasteiger partial charge in [-0.3, -0.25) is 19.2 Å². The van der Waals surface area contributed by atoms with E-state index in [0.29, 0.717) is 11.4 Å². The SMILES string of the molecule is O=C(Nc1ccccc1)C(C(=O)c1ccccc1)C(C(=O)Nc1ccccc1)C(=O)c1ccccc1. The second-order valence-corrected chi connectivity index (χ2v) is 8.13. The average molecular weight is 477 g/mol. The number of ketones is 2. The second-order valence-electron chi connectivity index (χ2n) is 8.13.